The number of nitrogens with one attached hydrogen (secondary N) is 1. The van der Waals surface area contributed by atoms with Crippen LogP contribution in [0.25, 0.3) is 16.8 Å². The monoisotopic (exact) mass is 614 g/mol. The molecule has 1 aliphatic carbocycles. The second-order valence-electron chi connectivity index (χ2n) is 10.8. The first-order valence-corrected chi connectivity index (χ1v) is 14.0. The molecule has 0 spiro atoms. The van der Waals surface area contributed by atoms with Crippen LogP contribution in [0.3, 0.4) is 0 Å². The summed E-state index contributed by atoms with van der Waals surface area (Å²) in [4.78, 5) is 32.7. The molecule has 3 aromatic heterocycles. The molecule has 0 unspecified atom stereocenters. The van der Waals surface area contributed by atoms with E-state index in [1.165, 1.54) is 13.5 Å². The van der Waals surface area contributed by atoms with Crippen LogP contribution in [0.2, 0.25) is 0 Å². The van der Waals surface area contributed by atoms with Gasteiger partial charge in [-0.2, -0.15) is 13.2 Å². The summed E-state index contributed by atoms with van der Waals surface area (Å²) >= 11 is 0. The number of halogens is 3. The fourth-order valence-electron chi connectivity index (χ4n) is 5.31. The highest BCUT2D eigenvalue weighted by Crippen LogP contribution is 2.53. The first kappa shape index (κ1) is 33.8. The number of anilines is 2. The quantitative estimate of drug-likeness (QED) is 0.205. The largest absolute Gasteiger partial charge is 0.493 e. The molecule has 0 bridgehead atoms. The zero-order valence-electron chi connectivity index (χ0n) is 25.2. The molecule has 3 heterocycles. The van der Waals surface area contributed by atoms with Crippen molar-refractivity contribution in [2.24, 2.45) is 11.3 Å². The number of pyridine rings is 1. The summed E-state index contributed by atoms with van der Waals surface area (Å²) in [6.07, 6.45) is 3.58. The lowest BCUT2D eigenvalue weighted by Gasteiger charge is -2.30. The van der Waals surface area contributed by atoms with Gasteiger partial charge in [-0.05, 0) is 55.4 Å². The van der Waals surface area contributed by atoms with Crippen LogP contribution in [0.5, 0.6) is 5.75 Å². The van der Waals surface area contributed by atoms with Crippen molar-refractivity contribution in [3.8, 4) is 17.0 Å². The number of nitrogen functional groups attached to an aromatic ring is 1. The Morgan fingerprint density at radius 1 is 1.16 bits per heavy atom. The molecule has 0 aliphatic heterocycles. The van der Waals surface area contributed by atoms with Gasteiger partial charge in [-0.25, -0.2) is 15.0 Å². The number of carbonyl (C=O) groups excluding carboxylic acids is 1. The Bertz CT molecular complexity index is 1590. The summed E-state index contributed by atoms with van der Waals surface area (Å²) in [7, 11) is 1.52. The number of hydrogen-bond donors (Lipinski definition) is 3. The highest BCUT2D eigenvalue weighted by Gasteiger charge is 2.43. The predicted molar refractivity (Wildman–Crippen MR) is 162 cm³/mol. The van der Waals surface area contributed by atoms with E-state index in [4.69, 9.17) is 25.4 Å². The molecule has 5 rings (SSSR count). The van der Waals surface area contributed by atoms with Gasteiger partial charge in [0.1, 0.15) is 40.7 Å². The lowest BCUT2D eigenvalue weighted by Crippen LogP contribution is -2.23. The van der Waals surface area contributed by atoms with Crippen molar-refractivity contribution in [2.45, 2.75) is 52.6 Å². The summed E-state index contributed by atoms with van der Waals surface area (Å²) in [5, 5.41) is 9.42. The van der Waals surface area contributed by atoms with E-state index in [1.807, 2.05) is 19.2 Å². The molecule has 236 valence electrons. The number of fused-ring (bicyclic) bond motifs is 1. The van der Waals surface area contributed by atoms with Crippen molar-refractivity contribution in [1.82, 2.24) is 19.4 Å². The minimum atomic E-state index is -4.30. The molecule has 1 saturated carbocycles. The number of carboxylic acid groups (broad SMARTS) is 1. The van der Waals surface area contributed by atoms with Gasteiger partial charge >= 0.3 is 6.18 Å². The third-order valence-electron chi connectivity index (χ3n) is 8.02. The number of alkyl halides is 3. The van der Waals surface area contributed by atoms with E-state index < -0.39 is 11.7 Å². The smallest absolute Gasteiger partial charge is 0.416 e. The SMILES string of the molecule is CCOc1cc(C=O)ccc1-c1nc([C@@H]2CC[C@@H](C)C2(C)C)n2ccnc(N)c12.CNc1cc(C(F)(F)F)ccn1.O=CO. The molecule has 44 heavy (non-hydrogen) atoms. The van der Waals surface area contributed by atoms with Crippen molar-refractivity contribution in [3.63, 3.8) is 0 Å². The van der Waals surface area contributed by atoms with E-state index in [0.29, 0.717) is 35.6 Å². The predicted octanol–water partition coefficient (Wildman–Crippen LogP) is 6.57. The van der Waals surface area contributed by atoms with Gasteiger partial charge in [0, 0.05) is 42.7 Å². The Hall–Kier alpha value is -4.68. The van der Waals surface area contributed by atoms with Crippen LogP contribution < -0.4 is 15.8 Å². The maximum absolute atomic E-state index is 12.0. The summed E-state index contributed by atoms with van der Waals surface area (Å²) in [5.41, 5.74) is 8.69. The van der Waals surface area contributed by atoms with E-state index >= 15 is 0 Å². The summed E-state index contributed by atoms with van der Waals surface area (Å²) in [6, 6.07) is 7.31. The molecule has 13 heteroatoms. The van der Waals surface area contributed by atoms with Crippen LogP contribution in [-0.2, 0) is 11.0 Å². The minimum Gasteiger partial charge on any atom is -0.493 e. The lowest BCUT2D eigenvalue weighted by molar-refractivity contribution is -0.137. The van der Waals surface area contributed by atoms with Gasteiger partial charge in [0.15, 0.2) is 0 Å². The second-order valence-corrected chi connectivity index (χ2v) is 10.8. The van der Waals surface area contributed by atoms with Crippen LogP contribution in [0, 0.1) is 11.3 Å². The van der Waals surface area contributed by atoms with Crippen LogP contribution in [0.4, 0.5) is 24.8 Å². The van der Waals surface area contributed by atoms with Gasteiger partial charge in [-0.15, -0.1) is 0 Å². The molecule has 1 aliphatic rings. The van der Waals surface area contributed by atoms with Crippen LogP contribution >= 0.6 is 0 Å². The molecular formula is C31H37F3N6O4. The molecule has 2 atom stereocenters. The molecule has 0 amide bonds. The van der Waals surface area contributed by atoms with Crippen LogP contribution in [-0.4, -0.2) is 50.9 Å². The van der Waals surface area contributed by atoms with E-state index in [0.717, 1.165) is 53.6 Å². The van der Waals surface area contributed by atoms with Gasteiger partial charge in [0.2, 0.25) is 0 Å². The maximum atomic E-state index is 12.0. The number of rotatable bonds is 6. The number of ether oxygens (including phenoxy) is 1. The molecule has 0 radical (unpaired) electrons. The molecular weight excluding hydrogens is 577 g/mol. The van der Waals surface area contributed by atoms with Gasteiger partial charge in [0.25, 0.3) is 6.47 Å². The topological polar surface area (TPSA) is 145 Å². The number of benzene rings is 1. The fourth-order valence-corrected chi connectivity index (χ4v) is 5.31. The Kier molecular flexibility index (Phi) is 10.9. The van der Waals surface area contributed by atoms with Crippen LogP contribution in [0.1, 0.15) is 68.2 Å². The fraction of sp³-hybridized carbons (Fsp3) is 0.387. The minimum absolute atomic E-state index is 0.140. The normalized spacial score (nSPS) is 17.1. The second kappa shape index (κ2) is 14.2. The average molecular weight is 615 g/mol. The standard InChI is InChI=1S/C23H28N4O2.C7H7F3N2.CH2O2/c1-5-29-18-12-15(13-28)7-8-16(18)19-20-21(24)25-10-11-27(20)22(26-19)17-9-6-14(2)23(17,3)4;1-11-6-4-5(2-3-12-6)7(8,9)10;2-1-3/h7-8,10-14,17H,5-6,9H2,1-4H3,(H2,24,25);2-4H,1H3,(H,11,12);1H,(H,2,3)/t14-,17+;;/m1../s1. The van der Waals surface area contributed by atoms with Crippen molar-refractivity contribution in [3.05, 3.63) is 65.9 Å². The number of imidazole rings is 1. The zero-order chi connectivity index (χ0) is 32.7. The van der Waals surface area contributed by atoms with E-state index in [2.05, 4.69) is 40.5 Å². The third-order valence-corrected chi connectivity index (χ3v) is 8.02. The summed E-state index contributed by atoms with van der Waals surface area (Å²) < 4.78 is 44.1. The number of aromatic nitrogens is 4. The number of aldehydes is 1. The van der Waals surface area contributed by atoms with Gasteiger partial charge < -0.3 is 20.9 Å². The van der Waals surface area contributed by atoms with E-state index in [-0.39, 0.29) is 17.7 Å². The van der Waals surface area contributed by atoms with Crippen LogP contribution in [0.15, 0.2) is 48.9 Å². The average Bonchev–Trinajstić information content (AvgIpc) is 3.50. The van der Waals surface area contributed by atoms with Gasteiger partial charge in [-0.1, -0.05) is 26.8 Å². The highest BCUT2D eigenvalue weighted by molar-refractivity contribution is 5.89. The Balaban J connectivity index is 0.000000294. The van der Waals surface area contributed by atoms with Crippen molar-refractivity contribution in [1.29, 1.82) is 0 Å². The molecule has 10 nitrogen and oxygen atoms in total. The van der Waals surface area contributed by atoms with E-state index in [9.17, 15) is 18.0 Å². The zero-order valence-corrected chi connectivity index (χ0v) is 25.2. The maximum Gasteiger partial charge on any atom is 0.416 e. The van der Waals surface area contributed by atoms with Crippen molar-refractivity contribution in [2.75, 3.05) is 24.7 Å². The molecule has 4 aromatic rings. The first-order valence-electron chi connectivity index (χ1n) is 14.0. The number of nitrogens with zero attached hydrogens (tertiary/aromatic N) is 4. The Labute approximate surface area is 253 Å². The molecule has 1 aromatic carbocycles. The van der Waals surface area contributed by atoms with Gasteiger partial charge in [-0.3, -0.25) is 14.0 Å². The van der Waals surface area contributed by atoms with Gasteiger partial charge in [0.05, 0.1) is 12.2 Å². The number of carbonyl (C=O) groups is 2. The van der Waals surface area contributed by atoms with Crippen molar-refractivity contribution >= 4 is 29.9 Å². The first-order chi connectivity index (χ1) is 20.8. The summed E-state index contributed by atoms with van der Waals surface area (Å²) in [5.74, 6) is 3.24. The molecule has 1 fully saturated rings. The van der Waals surface area contributed by atoms with E-state index in [1.54, 1.807) is 18.3 Å². The number of hydrogen-bond acceptors (Lipinski definition) is 8. The highest BCUT2D eigenvalue weighted by atomic mass is 19.4. The molecule has 0 saturated heterocycles. The number of nitrogens with two attached hydrogens (primary N) is 1. The van der Waals surface area contributed by atoms with Crippen molar-refractivity contribution < 1.29 is 32.6 Å². The Morgan fingerprint density at radius 3 is 2.43 bits per heavy atom. The summed E-state index contributed by atoms with van der Waals surface area (Å²) in [6.45, 7) is 9.13. The molecule has 4 N–H and O–H groups in total. The Morgan fingerprint density at radius 2 is 1.86 bits per heavy atom. The lowest BCUT2D eigenvalue weighted by atomic mass is 9.76. The third kappa shape index (κ3) is 7.26.